The van der Waals surface area contributed by atoms with Crippen LogP contribution in [-0.4, -0.2) is 25.9 Å². The van der Waals surface area contributed by atoms with Gasteiger partial charge < -0.3 is 9.47 Å². The van der Waals surface area contributed by atoms with Crippen LogP contribution in [0, 0.1) is 11.8 Å². The molecule has 0 aromatic heterocycles. The minimum Gasteiger partial charge on any atom is -0.378 e. The first-order valence-electron chi connectivity index (χ1n) is 5.06. The number of allylic oxidation sites excluding steroid dienone is 1. The van der Waals surface area contributed by atoms with Crippen molar-refractivity contribution in [2.24, 2.45) is 11.8 Å². The first kappa shape index (κ1) is 10.7. The molecule has 0 N–H and O–H groups in total. The van der Waals surface area contributed by atoms with E-state index >= 15 is 0 Å². The molecule has 1 aliphatic heterocycles. The summed E-state index contributed by atoms with van der Waals surface area (Å²) in [7, 11) is 0. The van der Waals surface area contributed by atoms with Crippen molar-refractivity contribution in [1.29, 1.82) is 0 Å². The van der Waals surface area contributed by atoms with Crippen LogP contribution < -0.4 is 0 Å². The maximum atomic E-state index is 5.65. The molecule has 2 heteroatoms. The Bertz CT molecular complexity index is 163. The Kier molecular flexibility index (Phi) is 4.46. The third kappa shape index (κ3) is 3.92. The van der Waals surface area contributed by atoms with Gasteiger partial charge in [-0.1, -0.05) is 32.9 Å². The molecule has 0 aliphatic carbocycles. The summed E-state index contributed by atoms with van der Waals surface area (Å²) in [6.07, 6.45) is 4.56. The van der Waals surface area contributed by atoms with Crippen LogP contribution in [0.4, 0.5) is 0 Å². The molecule has 1 rings (SSSR count). The van der Waals surface area contributed by atoms with E-state index in [1.807, 2.05) is 0 Å². The first-order valence-corrected chi connectivity index (χ1v) is 5.06. The minimum atomic E-state index is 0.303. The van der Waals surface area contributed by atoms with Crippen molar-refractivity contribution in [3.63, 3.8) is 0 Å². The Morgan fingerprint density at radius 3 is 2.77 bits per heavy atom. The van der Waals surface area contributed by atoms with Crippen LogP contribution >= 0.6 is 0 Å². The van der Waals surface area contributed by atoms with Crippen LogP contribution in [0.15, 0.2) is 12.2 Å². The molecule has 2 nitrogen and oxygen atoms in total. The average Bonchev–Trinajstić information content (AvgIpc) is 2.45. The molecule has 0 aromatic carbocycles. The SMILES string of the molecule is CC(C)/C=C/COC1COCC1C. The summed E-state index contributed by atoms with van der Waals surface area (Å²) in [4.78, 5) is 0. The molecular weight excluding hydrogens is 164 g/mol. The Hall–Kier alpha value is -0.340. The highest BCUT2D eigenvalue weighted by Gasteiger charge is 2.24. The number of hydrogen-bond acceptors (Lipinski definition) is 2. The zero-order chi connectivity index (χ0) is 9.68. The lowest BCUT2D eigenvalue weighted by molar-refractivity contribution is 0.0464. The lowest BCUT2D eigenvalue weighted by Crippen LogP contribution is -2.19. The molecule has 1 aliphatic rings. The summed E-state index contributed by atoms with van der Waals surface area (Å²) in [5.74, 6) is 1.16. The highest BCUT2D eigenvalue weighted by Crippen LogP contribution is 2.15. The van der Waals surface area contributed by atoms with Crippen LogP contribution in [0.2, 0.25) is 0 Å². The van der Waals surface area contributed by atoms with Gasteiger partial charge in [0.1, 0.15) is 0 Å². The minimum absolute atomic E-state index is 0.303. The van der Waals surface area contributed by atoms with Crippen molar-refractivity contribution >= 4 is 0 Å². The second-order valence-electron chi connectivity index (χ2n) is 4.06. The molecular formula is C11H20O2. The van der Waals surface area contributed by atoms with Crippen LogP contribution in [-0.2, 0) is 9.47 Å². The van der Waals surface area contributed by atoms with Gasteiger partial charge in [0.25, 0.3) is 0 Å². The second kappa shape index (κ2) is 5.40. The summed E-state index contributed by atoms with van der Waals surface area (Å²) < 4.78 is 11.0. The first-order chi connectivity index (χ1) is 6.20. The van der Waals surface area contributed by atoms with Gasteiger partial charge in [-0.2, -0.15) is 0 Å². The van der Waals surface area contributed by atoms with E-state index < -0.39 is 0 Å². The van der Waals surface area contributed by atoms with E-state index in [4.69, 9.17) is 9.47 Å². The van der Waals surface area contributed by atoms with Gasteiger partial charge in [0.15, 0.2) is 0 Å². The van der Waals surface area contributed by atoms with Crippen molar-refractivity contribution < 1.29 is 9.47 Å². The molecule has 1 saturated heterocycles. The van der Waals surface area contributed by atoms with E-state index in [1.165, 1.54) is 0 Å². The standard InChI is InChI=1S/C11H20O2/c1-9(2)5-4-6-13-11-8-12-7-10(11)3/h4-5,9-11H,6-8H2,1-3H3/b5-4+. The van der Waals surface area contributed by atoms with Gasteiger partial charge in [0, 0.05) is 5.92 Å². The number of hydrogen-bond donors (Lipinski definition) is 0. The lowest BCUT2D eigenvalue weighted by Gasteiger charge is -2.12. The summed E-state index contributed by atoms with van der Waals surface area (Å²) in [5, 5.41) is 0. The van der Waals surface area contributed by atoms with Crippen LogP contribution in [0.3, 0.4) is 0 Å². The molecule has 1 fully saturated rings. The summed E-state index contributed by atoms with van der Waals surface area (Å²) in [6, 6.07) is 0. The van der Waals surface area contributed by atoms with E-state index in [0.717, 1.165) is 19.8 Å². The van der Waals surface area contributed by atoms with Crippen LogP contribution in [0.1, 0.15) is 20.8 Å². The van der Waals surface area contributed by atoms with Crippen molar-refractivity contribution in [3.8, 4) is 0 Å². The maximum absolute atomic E-state index is 5.65. The predicted molar refractivity (Wildman–Crippen MR) is 53.7 cm³/mol. The van der Waals surface area contributed by atoms with Crippen molar-refractivity contribution in [2.45, 2.75) is 26.9 Å². The molecule has 0 radical (unpaired) electrons. The molecule has 13 heavy (non-hydrogen) atoms. The van der Waals surface area contributed by atoms with E-state index in [-0.39, 0.29) is 0 Å². The molecule has 0 spiro atoms. The fraction of sp³-hybridized carbons (Fsp3) is 0.818. The van der Waals surface area contributed by atoms with E-state index in [1.54, 1.807) is 0 Å². The van der Waals surface area contributed by atoms with Gasteiger partial charge in [-0.25, -0.2) is 0 Å². The van der Waals surface area contributed by atoms with E-state index in [0.29, 0.717) is 17.9 Å². The molecule has 76 valence electrons. The second-order valence-corrected chi connectivity index (χ2v) is 4.06. The zero-order valence-electron chi connectivity index (χ0n) is 8.82. The Morgan fingerprint density at radius 1 is 1.46 bits per heavy atom. The normalized spacial score (nSPS) is 29.2. The van der Waals surface area contributed by atoms with Gasteiger partial charge in [-0.15, -0.1) is 0 Å². The predicted octanol–water partition coefficient (Wildman–Crippen LogP) is 2.25. The third-order valence-corrected chi connectivity index (χ3v) is 2.23. The third-order valence-electron chi connectivity index (χ3n) is 2.23. The summed E-state index contributed by atoms with van der Waals surface area (Å²) in [5.41, 5.74) is 0. The fourth-order valence-corrected chi connectivity index (χ4v) is 1.36. The largest absolute Gasteiger partial charge is 0.378 e. The van der Waals surface area contributed by atoms with Gasteiger partial charge in [0.05, 0.1) is 25.9 Å². The van der Waals surface area contributed by atoms with Gasteiger partial charge in [-0.05, 0) is 5.92 Å². The van der Waals surface area contributed by atoms with Gasteiger partial charge in [0.2, 0.25) is 0 Å². The Balaban J connectivity index is 2.12. The average molecular weight is 184 g/mol. The molecule has 0 bridgehead atoms. The van der Waals surface area contributed by atoms with Crippen LogP contribution in [0.25, 0.3) is 0 Å². The Labute approximate surface area is 80.9 Å². The van der Waals surface area contributed by atoms with Crippen LogP contribution in [0.5, 0.6) is 0 Å². The topological polar surface area (TPSA) is 18.5 Å². The summed E-state index contributed by atoms with van der Waals surface area (Å²) >= 11 is 0. The molecule has 2 unspecified atom stereocenters. The fourth-order valence-electron chi connectivity index (χ4n) is 1.36. The molecule has 0 aromatic rings. The molecule has 0 saturated carbocycles. The van der Waals surface area contributed by atoms with Crippen molar-refractivity contribution in [1.82, 2.24) is 0 Å². The quantitative estimate of drug-likeness (QED) is 0.624. The Morgan fingerprint density at radius 2 is 2.23 bits per heavy atom. The lowest BCUT2D eigenvalue weighted by atomic mass is 10.1. The number of ether oxygens (including phenoxy) is 2. The van der Waals surface area contributed by atoms with Gasteiger partial charge in [-0.3, -0.25) is 0 Å². The smallest absolute Gasteiger partial charge is 0.0860 e. The zero-order valence-corrected chi connectivity index (χ0v) is 8.82. The highest BCUT2D eigenvalue weighted by atomic mass is 16.5. The summed E-state index contributed by atoms with van der Waals surface area (Å²) in [6.45, 7) is 8.82. The maximum Gasteiger partial charge on any atom is 0.0860 e. The number of rotatable bonds is 4. The highest BCUT2D eigenvalue weighted by molar-refractivity contribution is 4.85. The van der Waals surface area contributed by atoms with Crippen molar-refractivity contribution in [3.05, 3.63) is 12.2 Å². The monoisotopic (exact) mass is 184 g/mol. The molecule has 2 atom stereocenters. The van der Waals surface area contributed by atoms with E-state index in [9.17, 15) is 0 Å². The molecule has 0 amide bonds. The van der Waals surface area contributed by atoms with E-state index in [2.05, 4.69) is 32.9 Å². The van der Waals surface area contributed by atoms with Crippen molar-refractivity contribution in [2.75, 3.05) is 19.8 Å². The molecule has 1 heterocycles. The van der Waals surface area contributed by atoms with Gasteiger partial charge >= 0.3 is 0 Å².